The first-order chi connectivity index (χ1) is 11.5. The third-order valence-corrected chi connectivity index (χ3v) is 5.12. The van der Waals surface area contributed by atoms with Gasteiger partial charge in [-0.15, -0.1) is 11.3 Å². The summed E-state index contributed by atoms with van der Waals surface area (Å²) in [5.74, 6) is 1.74. The second-order valence-corrected chi connectivity index (χ2v) is 7.76. The predicted molar refractivity (Wildman–Crippen MR) is 93.9 cm³/mol. The molecule has 1 amide bonds. The number of aromatic nitrogens is 2. The van der Waals surface area contributed by atoms with Gasteiger partial charge in [-0.2, -0.15) is 4.98 Å². The van der Waals surface area contributed by atoms with Crippen molar-refractivity contribution >= 4 is 17.2 Å². The molecule has 0 aromatic carbocycles. The van der Waals surface area contributed by atoms with Gasteiger partial charge >= 0.3 is 0 Å². The van der Waals surface area contributed by atoms with Crippen LogP contribution in [-0.4, -0.2) is 57.6 Å². The molecule has 0 N–H and O–H groups in total. The van der Waals surface area contributed by atoms with Crippen molar-refractivity contribution < 1.29 is 9.32 Å². The molecule has 1 aliphatic heterocycles. The average Bonchev–Trinajstić information content (AvgIpc) is 3.12. The molecular weight excluding hydrogens is 324 g/mol. The fourth-order valence-corrected chi connectivity index (χ4v) is 3.86. The van der Waals surface area contributed by atoms with E-state index in [-0.39, 0.29) is 23.9 Å². The van der Waals surface area contributed by atoms with Gasteiger partial charge < -0.3 is 9.42 Å². The first-order valence-corrected chi connectivity index (χ1v) is 9.24. The Balaban J connectivity index is 1.53. The van der Waals surface area contributed by atoms with Crippen LogP contribution in [0, 0.1) is 0 Å². The third-order valence-electron chi connectivity index (χ3n) is 4.25. The number of nitrogens with zero attached hydrogens (tertiary/aromatic N) is 4. The normalized spacial score (nSPS) is 15.9. The van der Waals surface area contributed by atoms with Gasteiger partial charge in [-0.05, 0) is 39.1 Å². The molecule has 1 saturated heterocycles. The number of thiophene rings is 1. The Labute approximate surface area is 146 Å². The molecule has 0 spiro atoms. The highest BCUT2D eigenvalue weighted by Crippen LogP contribution is 2.29. The largest absolute Gasteiger partial charge is 0.339 e. The van der Waals surface area contributed by atoms with Crippen LogP contribution in [0.2, 0.25) is 0 Å². The molecule has 0 unspecified atom stereocenters. The second kappa shape index (κ2) is 7.03. The third kappa shape index (κ3) is 3.52. The second-order valence-electron chi connectivity index (χ2n) is 6.81. The number of rotatable bonds is 6. The maximum Gasteiger partial charge on any atom is 0.237 e. The molecule has 3 heterocycles. The van der Waals surface area contributed by atoms with Crippen molar-refractivity contribution in [1.82, 2.24) is 19.9 Å². The van der Waals surface area contributed by atoms with Crippen LogP contribution >= 0.6 is 11.3 Å². The molecular formula is C17H24N4O2S. The topological polar surface area (TPSA) is 62.5 Å². The lowest BCUT2D eigenvalue weighted by atomic mass is 10.00. The maximum atomic E-state index is 12.5. The van der Waals surface area contributed by atoms with Crippen LogP contribution in [0.4, 0.5) is 0 Å². The van der Waals surface area contributed by atoms with Gasteiger partial charge in [0.1, 0.15) is 0 Å². The highest BCUT2D eigenvalue weighted by molar-refractivity contribution is 7.13. The molecule has 1 fully saturated rings. The van der Waals surface area contributed by atoms with Crippen LogP contribution < -0.4 is 0 Å². The van der Waals surface area contributed by atoms with Gasteiger partial charge in [-0.3, -0.25) is 9.69 Å². The van der Waals surface area contributed by atoms with Gasteiger partial charge in [0.2, 0.25) is 17.6 Å². The van der Waals surface area contributed by atoms with E-state index >= 15 is 0 Å². The van der Waals surface area contributed by atoms with Gasteiger partial charge in [0.25, 0.3) is 0 Å². The van der Waals surface area contributed by atoms with E-state index in [4.69, 9.17) is 4.52 Å². The number of hydrogen-bond donors (Lipinski definition) is 0. The quantitative estimate of drug-likeness (QED) is 0.803. The van der Waals surface area contributed by atoms with Gasteiger partial charge in [-0.1, -0.05) is 11.2 Å². The Morgan fingerprint density at radius 3 is 2.67 bits per heavy atom. The lowest BCUT2D eigenvalue weighted by Crippen LogP contribution is -2.52. The van der Waals surface area contributed by atoms with Gasteiger partial charge in [0, 0.05) is 25.2 Å². The van der Waals surface area contributed by atoms with E-state index in [0.29, 0.717) is 18.3 Å². The van der Waals surface area contributed by atoms with E-state index < -0.39 is 0 Å². The summed E-state index contributed by atoms with van der Waals surface area (Å²) in [6.07, 6.45) is 0. The molecule has 2 aromatic rings. The lowest BCUT2D eigenvalue weighted by molar-refractivity contribution is -0.137. The van der Waals surface area contributed by atoms with Crippen molar-refractivity contribution in [2.75, 3.05) is 19.6 Å². The minimum Gasteiger partial charge on any atom is -0.339 e. The molecule has 0 aliphatic carbocycles. The van der Waals surface area contributed by atoms with E-state index in [2.05, 4.69) is 42.7 Å². The molecule has 3 rings (SSSR count). The fourth-order valence-electron chi connectivity index (χ4n) is 3.21. The van der Waals surface area contributed by atoms with Crippen molar-refractivity contribution in [3.63, 3.8) is 0 Å². The zero-order chi connectivity index (χ0) is 17.3. The molecule has 24 heavy (non-hydrogen) atoms. The molecule has 0 atom stereocenters. The predicted octanol–water partition coefficient (Wildman–Crippen LogP) is 2.84. The summed E-state index contributed by atoms with van der Waals surface area (Å²) in [5.41, 5.74) is 0. The van der Waals surface area contributed by atoms with Crippen LogP contribution in [-0.2, 0) is 4.79 Å². The van der Waals surface area contributed by atoms with E-state index in [1.165, 1.54) is 0 Å². The summed E-state index contributed by atoms with van der Waals surface area (Å²) in [4.78, 5) is 22.0. The molecule has 0 saturated carbocycles. The van der Waals surface area contributed by atoms with Crippen molar-refractivity contribution in [2.45, 2.75) is 45.7 Å². The minimum atomic E-state index is 0.184. The summed E-state index contributed by atoms with van der Waals surface area (Å²) < 4.78 is 5.39. The van der Waals surface area contributed by atoms with E-state index in [9.17, 15) is 4.79 Å². The number of carbonyl (C=O) groups is 1. The van der Waals surface area contributed by atoms with Gasteiger partial charge in [0.15, 0.2) is 0 Å². The molecule has 6 nitrogen and oxygen atoms in total. The number of likely N-dealkylation sites (tertiary alicyclic amines) is 1. The molecule has 2 aromatic heterocycles. The SMILES string of the molecule is CC(C)N(C(=O)CN1CC(c2nc(-c3cccs3)no2)C1)C(C)C. The standard InChI is InChI=1S/C17H24N4O2S/c1-11(2)21(12(3)4)15(22)10-20-8-13(9-20)17-18-16(19-23-17)14-6-5-7-24-14/h5-7,11-13H,8-10H2,1-4H3. The summed E-state index contributed by atoms with van der Waals surface area (Å²) in [6.45, 7) is 10.3. The van der Waals surface area contributed by atoms with Crippen LogP contribution in [0.15, 0.2) is 22.0 Å². The first kappa shape index (κ1) is 17.1. The molecule has 130 valence electrons. The Kier molecular flexibility index (Phi) is 5.01. The average molecular weight is 348 g/mol. The minimum absolute atomic E-state index is 0.184. The smallest absolute Gasteiger partial charge is 0.237 e. The fraction of sp³-hybridized carbons (Fsp3) is 0.588. The Hall–Kier alpha value is -1.73. The van der Waals surface area contributed by atoms with Crippen molar-refractivity contribution in [1.29, 1.82) is 0 Å². The summed E-state index contributed by atoms with van der Waals surface area (Å²) in [6, 6.07) is 4.40. The Bertz CT molecular complexity index is 667. The summed E-state index contributed by atoms with van der Waals surface area (Å²) in [7, 11) is 0. The first-order valence-electron chi connectivity index (χ1n) is 8.36. The number of carbonyl (C=O) groups excluding carboxylic acids is 1. The molecule has 0 bridgehead atoms. The molecule has 7 heteroatoms. The van der Waals surface area contributed by atoms with Gasteiger partial charge in [0.05, 0.1) is 17.3 Å². The van der Waals surface area contributed by atoms with E-state index in [1.807, 2.05) is 22.4 Å². The zero-order valence-electron chi connectivity index (χ0n) is 14.6. The monoisotopic (exact) mass is 348 g/mol. The van der Waals surface area contributed by atoms with Crippen molar-refractivity contribution in [3.8, 4) is 10.7 Å². The number of amides is 1. The van der Waals surface area contributed by atoms with Crippen molar-refractivity contribution in [2.24, 2.45) is 0 Å². The number of hydrogen-bond acceptors (Lipinski definition) is 6. The van der Waals surface area contributed by atoms with Crippen molar-refractivity contribution in [3.05, 3.63) is 23.4 Å². The Morgan fingerprint density at radius 2 is 2.08 bits per heavy atom. The summed E-state index contributed by atoms with van der Waals surface area (Å²) >= 11 is 1.60. The van der Waals surface area contributed by atoms with Crippen LogP contribution in [0.1, 0.15) is 39.5 Å². The maximum absolute atomic E-state index is 12.5. The van der Waals surface area contributed by atoms with E-state index in [1.54, 1.807) is 11.3 Å². The van der Waals surface area contributed by atoms with Crippen LogP contribution in [0.25, 0.3) is 10.7 Å². The Morgan fingerprint density at radius 1 is 1.38 bits per heavy atom. The highest BCUT2D eigenvalue weighted by Gasteiger charge is 2.35. The molecule has 1 aliphatic rings. The lowest BCUT2D eigenvalue weighted by Gasteiger charge is -2.39. The molecule has 0 radical (unpaired) electrons. The van der Waals surface area contributed by atoms with E-state index in [0.717, 1.165) is 18.0 Å². The van der Waals surface area contributed by atoms with Crippen LogP contribution in [0.3, 0.4) is 0 Å². The van der Waals surface area contributed by atoms with Gasteiger partial charge in [-0.25, -0.2) is 0 Å². The zero-order valence-corrected chi connectivity index (χ0v) is 15.4. The highest BCUT2D eigenvalue weighted by atomic mass is 32.1. The summed E-state index contributed by atoms with van der Waals surface area (Å²) in [5, 5.41) is 6.05. The van der Waals surface area contributed by atoms with Crippen LogP contribution in [0.5, 0.6) is 0 Å².